The number of benzene rings is 1. The van der Waals surface area contributed by atoms with Crippen molar-refractivity contribution in [3.63, 3.8) is 0 Å². The number of amides is 1. The van der Waals surface area contributed by atoms with Gasteiger partial charge < -0.3 is 14.6 Å². The zero-order valence-electron chi connectivity index (χ0n) is 14.0. The van der Waals surface area contributed by atoms with Gasteiger partial charge in [0.25, 0.3) is 5.91 Å². The number of methoxy groups -OCH3 is 1. The summed E-state index contributed by atoms with van der Waals surface area (Å²) in [7, 11) is 1.36. The predicted molar refractivity (Wildman–Crippen MR) is 103 cm³/mol. The molecule has 0 spiro atoms. The molecule has 5 nitrogen and oxygen atoms in total. The molecule has 0 atom stereocenters. The van der Waals surface area contributed by atoms with E-state index in [1.165, 1.54) is 18.9 Å². The van der Waals surface area contributed by atoms with Crippen molar-refractivity contribution in [2.45, 2.75) is 13.8 Å². The molecule has 1 aromatic heterocycles. The van der Waals surface area contributed by atoms with Gasteiger partial charge in [-0.15, -0.1) is 0 Å². The fraction of sp³-hybridized carbons (Fsp3) is 0.167. The molecule has 7 heteroatoms. The van der Waals surface area contributed by atoms with Gasteiger partial charge in [0.1, 0.15) is 4.32 Å². The van der Waals surface area contributed by atoms with Crippen molar-refractivity contribution >= 4 is 46.3 Å². The number of carbonyl (C=O) groups excluding carboxylic acids is 2. The predicted octanol–water partition coefficient (Wildman–Crippen LogP) is 3.37. The monoisotopic (exact) mass is 372 g/mol. The van der Waals surface area contributed by atoms with E-state index in [1.807, 2.05) is 38.1 Å². The van der Waals surface area contributed by atoms with Gasteiger partial charge in [-0.1, -0.05) is 24.0 Å². The van der Waals surface area contributed by atoms with Gasteiger partial charge in [0.15, 0.2) is 0 Å². The molecular formula is C18H16N2O3S2. The highest BCUT2D eigenvalue weighted by Crippen LogP contribution is 2.29. The Morgan fingerprint density at radius 1 is 1.28 bits per heavy atom. The number of carbonyl (C=O) groups is 2. The highest BCUT2D eigenvalue weighted by Gasteiger charge is 2.23. The lowest BCUT2D eigenvalue weighted by Gasteiger charge is -2.10. The van der Waals surface area contributed by atoms with Crippen LogP contribution in [0.2, 0.25) is 0 Å². The number of nitrogens with zero attached hydrogens (tertiary/aromatic N) is 1. The van der Waals surface area contributed by atoms with Gasteiger partial charge in [0, 0.05) is 17.1 Å². The number of rotatable bonds is 3. The Kier molecular flexibility index (Phi) is 4.78. The second-order valence-electron chi connectivity index (χ2n) is 5.55. The van der Waals surface area contributed by atoms with Crippen LogP contribution < -0.4 is 5.32 Å². The average molecular weight is 372 g/mol. The minimum absolute atomic E-state index is 0.165. The van der Waals surface area contributed by atoms with E-state index in [-0.39, 0.29) is 11.9 Å². The lowest BCUT2D eigenvalue weighted by Crippen LogP contribution is -2.17. The number of aromatic nitrogens is 1. The topological polar surface area (TPSA) is 60.3 Å². The molecule has 0 radical (unpaired) electrons. The summed E-state index contributed by atoms with van der Waals surface area (Å²) in [6, 6.07) is 9.23. The Labute approximate surface area is 155 Å². The van der Waals surface area contributed by atoms with E-state index in [2.05, 4.69) is 9.88 Å². The van der Waals surface area contributed by atoms with Gasteiger partial charge in [-0.05, 0) is 55.8 Å². The summed E-state index contributed by atoms with van der Waals surface area (Å²) >= 11 is 6.29. The molecule has 1 aliphatic heterocycles. The maximum absolute atomic E-state index is 11.9. The lowest BCUT2D eigenvalue weighted by molar-refractivity contribution is -0.115. The smallest absolute Gasteiger partial charge is 0.337 e. The highest BCUT2D eigenvalue weighted by atomic mass is 32.2. The lowest BCUT2D eigenvalue weighted by atomic mass is 10.2. The number of thioether (sulfide) groups is 1. The number of thiocarbonyl (C=S) groups is 1. The summed E-state index contributed by atoms with van der Waals surface area (Å²) in [4.78, 5) is 24.0. The van der Waals surface area contributed by atoms with Gasteiger partial charge in [0.2, 0.25) is 0 Å². The summed E-state index contributed by atoms with van der Waals surface area (Å²) in [6.07, 6.45) is 1.85. The quantitative estimate of drug-likeness (QED) is 0.509. The first kappa shape index (κ1) is 17.4. The van der Waals surface area contributed by atoms with Crippen molar-refractivity contribution in [3.8, 4) is 5.69 Å². The standard InChI is InChI=1S/C18H16N2O3S2/c1-10-8-13(9-15-16(21)19-18(24)25-15)11(2)20(10)14-6-4-12(5-7-14)17(22)23-3/h4-9H,1-3H3,(H,19,21,24)/b15-9-. The van der Waals surface area contributed by atoms with Crippen molar-refractivity contribution < 1.29 is 14.3 Å². The Morgan fingerprint density at radius 3 is 2.52 bits per heavy atom. The zero-order chi connectivity index (χ0) is 18.1. The first-order chi connectivity index (χ1) is 11.9. The van der Waals surface area contributed by atoms with Gasteiger partial charge in [-0.2, -0.15) is 0 Å². The molecule has 128 valence electrons. The molecule has 1 saturated heterocycles. The Bertz CT molecular complexity index is 911. The van der Waals surface area contributed by atoms with Crippen molar-refractivity contribution in [1.29, 1.82) is 0 Å². The molecule has 1 aromatic carbocycles. The molecule has 3 rings (SSSR count). The molecule has 2 aromatic rings. The van der Waals surface area contributed by atoms with Gasteiger partial charge >= 0.3 is 5.97 Å². The van der Waals surface area contributed by atoms with Crippen LogP contribution >= 0.6 is 24.0 Å². The number of hydrogen-bond donors (Lipinski definition) is 1. The van der Waals surface area contributed by atoms with Crippen LogP contribution in [0, 0.1) is 13.8 Å². The molecule has 1 amide bonds. The number of esters is 1. The summed E-state index contributed by atoms with van der Waals surface area (Å²) < 4.78 is 7.27. The first-order valence-corrected chi connectivity index (χ1v) is 8.75. The van der Waals surface area contributed by atoms with Crippen LogP contribution in [0.25, 0.3) is 11.8 Å². The number of ether oxygens (including phenoxy) is 1. The van der Waals surface area contributed by atoms with E-state index in [4.69, 9.17) is 17.0 Å². The fourth-order valence-corrected chi connectivity index (χ4v) is 3.79. The Hall–Kier alpha value is -2.38. The third kappa shape index (κ3) is 3.38. The summed E-state index contributed by atoms with van der Waals surface area (Å²) in [5.74, 6) is -0.527. The fourth-order valence-electron chi connectivity index (χ4n) is 2.76. The molecular weight excluding hydrogens is 356 g/mol. The van der Waals surface area contributed by atoms with Gasteiger partial charge in [0.05, 0.1) is 17.6 Å². The molecule has 1 N–H and O–H groups in total. The van der Waals surface area contributed by atoms with E-state index in [0.717, 1.165) is 22.6 Å². The summed E-state index contributed by atoms with van der Waals surface area (Å²) in [5.41, 5.74) is 4.43. The number of aryl methyl sites for hydroxylation is 1. The van der Waals surface area contributed by atoms with E-state index in [9.17, 15) is 9.59 Å². The summed E-state index contributed by atoms with van der Waals surface area (Å²) in [5, 5.41) is 2.62. The molecule has 1 aliphatic rings. The molecule has 0 aliphatic carbocycles. The number of nitrogens with one attached hydrogen (secondary N) is 1. The van der Waals surface area contributed by atoms with Crippen LogP contribution in [0.15, 0.2) is 35.2 Å². The van der Waals surface area contributed by atoms with Crippen molar-refractivity contribution in [2.75, 3.05) is 7.11 Å². The van der Waals surface area contributed by atoms with Gasteiger partial charge in [-0.25, -0.2) is 4.79 Å². The average Bonchev–Trinajstić information content (AvgIpc) is 3.05. The molecule has 0 unspecified atom stereocenters. The van der Waals surface area contributed by atoms with Crippen molar-refractivity contribution in [2.24, 2.45) is 0 Å². The Balaban J connectivity index is 1.98. The maximum atomic E-state index is 11.9. The van der Waals surface area contributed by atoms with Crippen LogP contribution in [0.1, 0.15) is 27.3 Å². The summed E-state index contributed by atoms with van der Waals surface area (Å²) in [6.45, 7) is 3.99. The van der Waals surface area contributed by atoms with Crippen LogP contribution in [0.4, 0.5) is 0 Å². The first-order valence-electron chi connectivity index (χ1n) is 7.53. The van der Waals surface area contributed by atoms with E-state index in [1.54, 1.807) is 12.1 Å². The van der Waals surface area contributed by atoms with Crippen LogP contribution in [0.5, 0.6) is 0 Å². The Morgan fingerprint density at radius 2 is 1.96 bits per heavy atom. The second-order valence-corrected chi connectivity index (χ2v) is 7.27. The third-order valence-corrected chi connectivity index (χ3v) is 5.11. The normalized spacial score (nSPS) is 15.6. The minimum atomic E-state index is -0.363. The van der Waals surface area contributed by atoms with Gasteiger partial charge in [-0.3, -0.25) is 4.79 Å². The molecule has 2 heterocycles. The third-order valence-electron chi connectivity index (χ3n) is 3.95. The van der Waals surface area contributed by atoms with Crippen molar-refractivity contribution in [1.82, 2.24) is 9.88 Å². The largest absolute Gasteiger partial charge is 0.465 e. The molecule has 0 bridgehead atoms. The van der Waals surface area contributed by atoms with Crippen molar-refractivity contribution in [3.05, 3.63) is 57.8 Å². The second kappa shape index (κ2) is 6.85. The van der Waals surface area contributed by atoms with E-state index >= 15 is 0 Å². The molecule has 1 fully saturated rings. The zero-order valence-corrected chi connectivity index (χ0v) is 15.6. The van der Waals surface area contributed by atoms with Crippen LogP contribution in [-0.2, 0) is 9.53 Å². The molecule has 25 heavy (non-hydrogen) atoms. The van der Waals surface area contributed by atoms with Crippen LogP contribution in [-0.4, -0.2) is 27.9 Å². The van der Waals surface area contributed by atoms with E-state index < -0.39 is 0 Å². The minimum Gasteiger partial charge on any atom is -0.465 e. The maximum Gasteiger partial charge on any atom is 0.337 e. The molecule has 0 saturated carbocycles. The van der Waals surface area contributed by atoms with E-state index in [0.29, 0.717) is 14.8 Å². The SMILES string of the molecule is COC(=O)c1ccc(-n2c(C)cc(/C=C3\SC(=S)NC3=O)c2C)cc1. The van der Waals surface area contributed by atoms with Crippen LogP contribution in [0.3, 0.4) is 0 Å². The highest BCUT2D eigenvalue weighted by molar-refractivity contribution is 8.26. The number of hydrogen-bond acceptors (Lipinski definition) is 5.